The standard InChI is InChI=1S/C34H33N5O4S2/c1-7-38(8-2)32(41)28-21(5)37-34-39(30(28)29-24-12-10-9-11-22(24)13-15-25(29)42-6)31(40)26(44-34)18-23-14-16-27(43-23)45-33-35-19(3)17-20(4)36-33/h9-18,30H,7-8H2,1-6H3/b26-18-/t30-/m0/s1. The Morgan fingerprint density at radius 3 is 2.51 bits per heavy atom. The molecular formula is C34H33N5O4S2. The number of allylic oxidation sites excluding steroid dienone is 1. The molecule has 0 saturated heterocycles. The van der Waals surface area contributed by atoms with Gasteiger partial charge in [0.2, 0.25) is 0 Å². The Balaban J connectivity index is 1.52. The lowest BCUT2D eigenvalue weighted by Crippen LogP contribution is -2.43. The summed E-state index contributed by atoms with van der Waals surface area (Å²) in [5.41, 5.74) is 3.27. The SMILES string of the molecule is CCN(CC)C(=O)C1=C(C)N=c2s/c(=C\c3ccc(Sc4nc(C)cc(C)n4)o3)c(=O)n2[C@@H]1c1c(OC)ccc2ccccc12. The van der Waals surface area contributed by atoms with Gasteiger partial charge in [0.05, 0.1) is 22.9 Å². The second-order valence-electron chi connectivity index (χ2n) is 10.7. The summed E-state index contributed by atoms with van der Waals surface area (Å²) in [5.74, 6) is 0.951. The third kappa shape index (κ3) is 5.73. The second-order valence-corrected chi connectivity index (χ2v) is 12.6. The fraction of sp³-hybridized carbons (Fsp3) is 0.265. The maximum absolute atomic E-state index is 14.3. The number of carbonyl (C=O) groups is 1. The fourth-order valence-electron chi connectivity index (χ4n) is 5.71. The molecule has 9 nitrogen and oxygen atoms in total. The molecule has 11 heteroatoms. The van der Waals surface area contributed by atoms with Crippen molar-refractivity contribution in [1.82, 2.24) is 19.4 Å². The van der Waals surface area contributed by atoms with E-state index >= 15 is 0 Å². The Bertz CT molecular complexity index is 2140. The number of rotatable bonds is 8. The summed E-state index contributed by atoms with van der Waals surface area (Å²) in [6.45, 7) is 10.6. The number of likely N-dealkylation sites (N-methyl/N-ethyl adjacent to an activating group) is 1. The Morgan fingerprint density at radius 1 is 1.07 bits per heavy atom. The van der Waals surface area contributed by atoms with Gasteiger partial charge in [0.15, 0.2) is 15.1 Å². The summed E-state index contributed by atoms with van der Waals surface area (Å²) >= 11 is 2.59. The third-order valence-corrected chi connectivity index (χ3v) is 9.52. The molecule has 0 spiro atoms. The van der Waals surface area contributed by atoms with Crippen LogP contribution in [0.25, 0.3) is 16.8 Å². The average molecular weight is 640 g/mol. The molecule has 0 unspecified atom stereocenters. The molecule has 4 heterocycles. The van der Waals surface area contributed by atoms with Gasteiger partial charge in [0.1, 0.15) is 17.6 Å². The minimum Gasteiger partial charge on any atom is -0.496 e. The predicted molar refractivity (Wildman–Crippen MR) is 177 cm³/mol. The van der Waals surface area contributed by atoms with Crippen LogP contribution in [0.5, 0.6) is 5.75 Å². The highest BCUT2D eigenvalue weighted by molar-refractivity contribution is 7.99. The first-order chi connectivity index (χ1) is 21.7. The van der Waals surface area contributed by atoms with E-state index < -0.39 is 6.04 Å². The van der Waals surface area contributed by atoms with Crippen molar-refractivity contribution < 1.29 is 13.9 Å². The highest BCUT2D eigenvalue weighted by Gasteiger charge is 2.36. The highest BCUT2D eigenvalue weighted by atomic mass is 32.2. The number of nitrogens with zero attached hydrogens (tertiary/aromatic N) is 5. The Morgan fingerprint density at radius 2 is 1.80 bits per heavy atom. The number of ether oxygens (including phenoxy) is 1. The summed E-state index contributed by atoms with van der Waals surface area (Å²) in [7, 11) is 1.61. The molecule has 0 fully saturated rings. The lowest BCUT2D eigenvalue weighted by atomic mass is 9.90. The molecular weight excluding hydrogens is 607 g/mol. The highest BCUT2D eigenvalue weighted by Crippen LogP contribution is 2.40. The number of aryl methyl sites for hydroxylation is 2. The van der Waals surface area contributed by atoms with Gasteiger partial charge in [-0.25, -0.2) is 15.0 Å². The van der Waals surface area contributed by atoms with Crippen LogP contribution < -0.4 is 19.6 Å². The number of carbonyl (C=O) groups excluding carboxylic acids is 1. The molecule has 45 heavy (non-hydrogen) atoms. The van der Waals surface area contributed by atoms with Gasteiger partial charge in [-0.1, -0.05) is 41.7 Å². The van der Waals surface area contributed by atoms with E-state index in [4.69, 9.17) is 14.1 Å². The summed E-state index contributed by atoms with van der Waals surface area (Å²) in [4.78, 5) is 44.5. The van der Waals surface area contributed by atoms with Crippen LogP contribution in [0, 0.1) is 13.8 Å². The maximum Gasteiger partial charge on any atom is 0.271 e. The number of furan rings is 1. The normalized spacial score (nSPS) is 14.9. The number of methoxy groups -OCH3 is 1. The molecule has 1 aliphatic heterocycles. The number of amides is 1. The predicted octanol–water partition coefficient (Wildman–Crippen LogP) is 5.42. The monoisotopic (exact) mass is 639 g/mol. The van der Waals surface area contributed by atoms with Crippen LogP contribution in [0.3, 0.4) is 0 Å². The first kappa shape index (κ1) is 30.5. The second kappa shape index (κ2) is 12.5. The molecule has 6 rings (SSSR count). The van der Waals surface area contributed by atoms with Crippen molar-refractivity contribution in [3.8, 4) is 5.75 Å². The fourth-order valence-corrected chi connectivity index (χ4v) is 7.57. The van der Waals surface area contributed by atoms with Crippen LogP contribution in [0.15, 0.2) is 90.3 Å². The topological polar surface area (TPSA) is 103 Å². The molecule has 0 saturated carbocycles. The van der Waals surface area contributed by atoms with Gasteiger partial charge in [0, 0.05) is 36.1 Å². The molecule has 0 bridgehead atoms. The van der Waals surface area contributed by atoms with Crippen LogP contribution in [0.2, 0.25) is 0 Å². The molecule has 1 atom stereocenters. The molecule has 0 radical (unpaired) electrons. The van der Waals surface area contributed by atoms with E-state index in [-0.39, 0.29) is 11.5 Å². The van der Waals surface area contributed by atoms with Crippen LogP contribution in [0.1, 0.15) is 49.5 Å². The maximum atomic E-state index is 14.3. The van der Waals surface area contributed by atoms with Crippen molar-refractivity contribution in [2.45, 2.75) is 50.9 Å². The smallest absolute Gasteiger partial charge is 0.271 e. The van der Waals surface area contributed by atoms with E-state index in [1.807, 2.05) is 89.2 Å². The van der Waals surface area contributed by atoms with Gasteiger partial charge in [-0.2, -0.15) is 0 Å². The number of thiazole rings is 1. The van der Waals surface area contributed by atoms with E-state index in [0.29, 0.717) is 55.5 Å². The Labute approximate surface area is 268 Å². The van der Waals surface area contributed by atoms with Crippen molar-refractivity contribution in [3.63, 3.8) is 0 Å². The van der Waals surface area contributed by atoms with Crippen molar-refractivity contribution in [2.75, 3.05) is 20.2 Å². The number of hydrogen-bond donors (Lipinski definition) is 0. The van der Waals surface area contributed by atoms with Gasteiger partial charge in [-0.15, -0.1) is 0 Å². The van der Waals surface area contributed by atoms with Crippen LogP contribution in [0.4, 0.5) is 0 Å². The minimum atomic E-state index is -0.748. The third-order valence-electron chi connectivity index (χ3n) is 7.76. The van der Waals surface area contributed by atoms with Gasteiger partial charge in [0.25, 0.3) is 11.5 Å². The van der Waals surface area contributed by atoms with E-state index in [0.717, 1.165) is 27.7 Å². The summed E-state index contributed by atoms with van der Waals surface area (Å²) < 4.78 is 14.0. The number of fused-ring (bicyclic) bond motifs is 2. The Kier molecular flexibility index (Phi) is 8.48. The molecule has 0 aliphatic carbocycles. The molecule has 5 aromatic rings. The van der Waals surface area contributed by atoms with E-state index in [1.54, 1.807) is 22.7 Å². The molecule has 2 aromatic carbocycles. The van der Waals surface area contributed by atoms with E-state index in [2.05, 4.69) is 9.97 Å². The first-order valence-corrected chi connectivity index (χ1v) is 16.3. The molecule has 1 amide bonds. The lowest BCUT2D eigenvalue weighted by Gasteiger charge is -2.30. The van der Waals surface area contributed by atoms with Crippen molar-refractivity contribution in [2.24, 2.45) is 4.99 Å². The Hall–Kier alpha value is -4.48. The van der Waals surface area contributed by atoms with E-state index in [1.165, 1.54) is 23.1 Å². The molecule has 1 aliphatic rings. The van der Waals surface area contributed by atoms with Crippen molar-refractivity contribution in [1.29, 1.82) is 0 Å². The van der Waals surface area contributed by atoms with Gasteiger partial charge in [-0.3, -0.25) is 14.2 Å². The van der Waals surface area contributed by atoms with Crippen molar-refractivity contribution in [3.05, 3.63) is 108 Å². The molecule has 0 N–H and O–H groups in total. The zero-order valence-corrected chi connectivity index (χ0v) is 27.6. The number of benzene rings is 2. The number of hydrogen-bond acceptors (Lipinski definition) is 9. The minimum absolute atomic E-state index is 0.156. The van der Waals surface area contributed by atoms with Gasteiger partial charge in [-0.05, 0) is 81.4 Å². The quantitative estimate of drug-likeness (QED) is 0.209. The number of aromatic nitrogens is 3. The molecule has 230 valence electrons. The van der Waals surface area contributed by atoms with Crippen molar-refractivity contribution >= 4 is 45.9 Å². The van der Waals surface area contributed by atoms with Gasteiger partial charge < -0.3 is 14.1 Å². The molecule has 3 aromatic heterocycles. The largest absolute Gasteiger partial charge is 0.496 e. The summed E-state index contributed by atoms with van der Waals surface area (Å²) in [6, 6.07) is 16.6. The average Bonchev–Trinajstić information content (AvgIpc) is 3.58. The van der Waals surface area contributed by atoms with E-state index in [9.17, 15) is 9.59 Å². The van der Waals surface area contributed by atoms with Crippen LogP contribution >= 0.6 is 23.1 Å². The summed E-state index contributed by atoms with van der Waals surface area (Å²) in [5, 5.41) is 3.09. The first-order valence-electron chi connectivity index (χ1n) is 14.7. The summed E-state index contributed by atoms with van der Waals surface area (Å²) in [6.07, 6.45) is 1.72. The van der Waals surface area contributed by atoms with Crippen LogP contribution in [-0.2, 0) is 4.79 Å². The zero-order valence-electron chi connectivity index (χ0n) is 26.0. The van der Waals surface area contributed by atoms with Crippen LogP contribution in [-0.4, -0.2) is 45.5 Å². The van der Waals surface area contributed by atoms with Gasteiger partial charge >= 0.3 is 0 Å². The zero-order chi connectivity index (χ0) is 31.8. The lowest BCUT2D eigenvalue weighted by molar-refractivity contribution is -0.127.